The number of ketones is 1. The molecule has 5 rings (SSSR count). The Kier molecular flexibility index (Phi) is 4.36. The first-order chi connectivity index (χ1) is 15.0. The molecule has 1 aromatic heterocycles. The first kappa shape index (κ1) is 18.7. The maximum absolute atomic E-state index is 13.6. The van der Waals surface area contributed by atoms with E-state index in [-0.39, 0.29) is 17.3 Å². The van der Waals surface area contributed by atoms with Crippen molar-refractivity contribution in [3.63, 3.8) is 0 Å². The molecule has 3 aromatic carbocycles. The van der Waals surface area contributed by atoms with Gasteiger partial charge in [0.2, 0.25) is 5.95 Å². The van der Waals surface area contributed by atoms with Gasteiger partial charge in [-0.05, 0) is 23.8 Å². The number of H-pyrrole nitrogens is 1. The number of benzene rings is 3. The lowest BCUT2D eigenvalue weighted by molar-refractivity contribution is -0.132. The molecule has 2 N–H and O–H groups in total. The second kappa shape index (κ2) is 7.21. The number of aromatic amines is 1. The molecular formula is C24H16FN3O3. The molecule has 1 aliphatic rings. The van der Waals surface area contributed by atoms with Crippen molar-refractivity contribution in [2.75, 3.05) is 4.90 Å². The van der Waals surface area contributed by atoms with E-state index in [9.17, 15) is 19.1 Å². The van der Waals surface area contributed by atoms with E-state index in [1.807, 2.05) is 6.07 Å². The molecule has 1 fully saturated rings. The number of imidazole rings is 1. The van der Waals surface area contributed by atoms with Crippen molar-refractivity contribution in [1.29, 1.82) is 0 Å². The maximum atomic E-state index is 13.6. The molecule has 31 heavy (non-hydrogen) atoms. The molecule has 4 aromatic rings. The molecule has 0 aliphatic carbocycles. The zero-order valence-corrected chi connectivity index (χ0v) is 16.1. The zero-order valence-electron chi connectivity index (χ0n) is 16.1. The molecule has 0 saturated carbocycles. The molecule has 0 radical (unpaired) electrons. The van der Waals surface area contributed by atoms with Gasteiger partial charge in [-0.3, -0.25) is 14.5 Å². The van der Waals surface area contributed by atoms with Crippen molar-refractivity contribution in [2.45, 2.75) is 6.04 Å². The highest BCUT2D eigenvalue weighted by atomic mass is 19.1. The molecule has 1 aliphatic heterocycles. The molecule has 0 bridgehead atoms. The van der Waals surface area contributed by atoms with Gasteiger partial charge in [0.25, 0.3) is 5.78 Å². The number of carbonyl (C=O) groups excluding carboxylic acids is 2. The Bertz CT molecular complexity index is 1350. The summed E-state index contributed by atoms with van der Waals surface area (Å²) in [6, 6.07) is 20.6. The van der Waals surface area contributed by atoms with Gasteiger partial charge in [0.15, 0.2) is 0 Å². The van der Waals surface area contributed by atoms with Crippen LogP contribution in [0.3, 0.4) is 0 Å². The number of carbonyl (C=O) groups is 2. The fraction of sp³-hybridized carbons (Fsp3) is 0.0417. The van der Waals surface area contributed by atoms with Crippen molar-refractivity contribution in [3.8, 4) is 0 Å². The van der Waals surface area contributed by atoms with Crippen LogP contribution in [0.1, 0.15) is 17.2 Å². The van der Waals surface area contributed by atoms with Crippen molar-refractivity contribution in [3.05, 3.63) is 101 Å². The second-order valence-electron chi connectivity index (χ2n) is 7.17. The third kappa shape index (κ3) is 3.07. The molecule has 1 atom stereocenters. The smallest absolute Gasteiger partial charge is 0.302 e. The number of rotatable bonds is 3. The van der Waals surface area contributed by atoms with Crippen molar-refractivity contribution < 1.29 is 19.1 Å². The van der Waals surface area contributed by atoms with Gasteiger partial charge in [0, 0.05) is 5.56 Å². The highest BCUT2D eigenvalue weighted by Crippen LogP contribution is 2.41. The second-order valence-corrected chi connectivity index (χ2v) is 7.17. The standard InChI is InChI=1S/C24H16FN3O3/c25-16-11-12-17-18(13-16)27-24(26-17)28-20(14-7-3-1-4-8-14)19(22(30)23(28)31)21(29)15-9-5-2-6-10-15/h1-13,20,29H,(H,26,27)/b21-19+. The predicted molar refractivity (Wildman–Crippen MR) is 114 cm³/mol. The SMILES string of the molecule is O=C1C(=O)N(c2nc3ccc(F)cc3[nH]2)C(c2ccccc2)/C1=C(\O)c1ccccc1. The number of hydrogen-bond donors (Lipinski definition) is 2. The molecule has 0 spiro atoms. The van der Waals surface area contributed by atoms with Gasteiger partial charge in [-0.2, -0.15) is 0 Å². The highest BCUT2D eigenvalue weighted by molar-refractivity contribution is 6.51. The van der Waals surface area contributed by atoms with Crippen LogP contribution >= 0.6 is 0 Å². The van der Waals surface area contributed by atoms with Gasteiger partial charge in [-0.1, -0.05) is 60.7 Å². The van der Waals surface area contributed by atoms with Gasteiger partial charge >= 0.3 is 5.91 Å². The Labute approximate surface area is 176 Å². The van der Waals surface area contributed by atoms with Crippen LogP contribution in [0.2, 0.25) is 0 Å². The van der Waals surface area contributed by atoms with Crippen LogP contribution in [-0.4, -0.2) is 26.8 Å². The fourth-order valence-corrected chi connectivity index (χ4v) is 3.84. The van der Waals surface area contributed by atoms with Crippen molar-refractivity contribution in [1.82, 2.24) is 9.97 Å². The van der Waals surface area contributed by atoms with E-state index in [2.05, 4.69) is 9.97 Å². The highest BCUT2D eigenvalue weighted by Gasteiger charge is 2.48. The van der Waals surface area contributed by atoms with Crippen LogP contribution in [0.15, 0.2) is 84.4 Å². The number of aliphatic hydroxyl groups excluding tert-OH is 1. The van der Waals surface area contributed by atoms with Gasteiger partial charge in [-0.25, -0.2) is 9.37 Å². The van der Waals surface area contributed by atoms with E-state index in [1.165, 1.54) is 23.1 Å². The Balaban J connectivity index is 1.73. The van der Waals surface area contributed by atoms with E-state index in [0.717, 1.165) is 0 Å². The summed E-state index contributed by atoms with van der Waals surface area (Å²) in [5.74, 6) is -2.26. The molecular weight excluding hydrogens is 397 g/mol. The number of nitrogens with one attached hydrogen (secondary N) is 1. The summed E-state index contributed by atoms with van der Waals surface area (Å²) in [5, 5.41) is 11.0. The summed E-state index contributed by atoms with van der Waals surface area (Å²) in [7, 11) is 0. The van der Waals surface area contributed by atoms with Crippen LogP contribution in [-0.2, 0) is 9.59 Å². The summed E-state index contributed by atoms with van der Waals surface area (Å²) in [6.45, 7) is 0. The summed E-state index contributed by atoms with van der Waals surface area (Å²) in [5.41, 5.74) is 1.87. The Morgan fingerprint density at radius 1 is 0.968 bits per heavy atom. The summed E-state index contributed by atoms with van der Waals surface area (Å²) >= 11 is 0. The van der Waals surface area contributed by atoms with E-state index >= 15 is 0 Å². The lowest BCUT2D eigenvalue weighted by atomic mass is 9.95. The number of aromatic nitrogens is 2. The van der Waals surface area contributed by atoms with E-state index in [4.69, 9.17) is 0 Å². The van der Waals surface area contributed by atoms with Crippen molar-refractivity contribution in [2.24, 2.45) is 0 Å². The molecule has 2 heterocycles. The average Bonchev–Trinajstić information content (AvgIpc) is 3.32. The van der Waals surface area contributed by atoms with Crippen LogP contribution < -0.4 is 4.90 Å². The molecule has 1 amide bonds. The average molecular weight is 413 g/mol. The number of hydrogen-bond acceptors (Lipinski definition) is 4. The van der Waals surface area contributed by atoms with Gasteiger partial charge in [-0.15, -0.1) is 0 Å². The van der Waals surface area contributed by atoms with E-state index < -0.39 is 23.5 Å². The topological polar surface area (TPSA) is 86.3 Å². The van der Waals surface area contributed by atoms with Gasteiger partial charge < -0.3 is 10.1 Å². The molecule has 1 unspecified atom stereocenters. The van der Waals surface area contributed by atoms with Crippen LogP contribution in [0, 0.1) is 5.82 Å². The van der Waals surface area contributed by atoms with E-state index in [1.54, 1.807) is 54.6 Å². The number of fused-ring (bicyclic) bond motifs is 1. The number of anilines is 1. The lowest BCUT2D eigenvalue weighted by Gasteiger charge is -2.23. The van der Waals surface area contributed by atoms with Gasteiger partial charge in [0.05, 0.1) is 22.6 Å². The zero-order chi connectivity index (χ0) is 21.5. The third-order valence-electron chi connectivity index (χ3n) is 5.27. The van der Waals surface area contributed by atoms with Crippen LogP contribution in [0.25, 0.3) is 16.8 Å². The molecule has 1 saturated heterocycles. The third-order valence-corrected chi connectivity index (χ3v) is 5.27. The van der Waals surface area contributed by atoms with Crippen LogP contribution in [0.5, 0.6) is 0 Å². The Morgan fingerprint density at radius 2 is 1.65 bits per heavy atom. The first-order valence-electron chi connectivity index (χ1n) is 9.61. The quantitative estimate of drug-likeness (QED) is 0.297. The summed E-state index contributed by atoms with van der Waals surface area (Å²) < 4.78 is 13.6. The minimum absolute atomic E-state index is 0.0333. The molecule has 7 heteroatoms. The summed E-state index contributed by atoms with van der Waals surface area (Å²) in [4.78, 5) is 34.7. The fourth-order valence-electron chi connectivity index (χ4n) is 3.84. The van der Waals surface area contributed by atoms with Crippen LogP contribution in [0.4, 0.5) is 10.3 Å². The number of halogens is 1. The number of Topliss-reactive ketones (excluding diaryl/α,β-unsaturated/α-hetero) is 1. The summed E-state index contributed by atoms with van der Waals surface area (Å²) in [6.07, 6.45) is 0. The first-order valence-corrected chi connectivity index (χ1v) is 9.61. The Hall–Kier alpha value is -4.26. The number of nitrogens with zero attached hydrogens (tertiary/aromatic N) is 2. The number of aliphatic hydroxyl groups is 1. The predicted octanol–water partition coefficient (Wildman–Crippen LogP) is 4.33. The maximum Gasteiger partial charge on any atom is 0.302 e. The minimum atomic E-state index is -0.896. The monoisotopic (exact) mass is 413 g/mol. The minimum Gasteiger partial charge on any atom is -0.507 e. The van der Waals surface area contributed by atoms with E-state index in [0.29, 0.717) is 22.2 Å². The normalized spacial score (nSPS) is 18.1. The molecule has 6 nitrogen and oxygen atoms in total. The lowest BCUT2D eigenvalue weighted by Crippen LogP contribution is -2.30. The van der Waals surface area contributed by atoms with Gasteiger partial charge in [0.1, 0.15) is 11.6 Å². The number of amides is 1. The molecule has 152 valence electrons. The van der Waals surface area contributed by atoms with Crippen molar-refractivity contribution >= 4 is 34.4 Å². The Morgan fingerprint density at radius 3 is 2.35 bits per heavy atom. The largest absolute Gasteiger partial charge is 0.507 e.